The van der Waals surface area contributed by atoms with E-state index in [4.69, 9.17) is 0 Å². The Morgan fingerprint density at radius 2 is 1.96 bits per heavy atom. The van der Waals surface area contributed by atoms with E-state index in [0.717, 1.165) is 32.0 Å². The van der Waals surface area contributed by atoms with Gasteiger partial charge in [-0.1, -0.05) is 25.6 Å². The van der Waals surface area contributed by atoms with Gasteiger partial charge in [-0.3, -0.25) is 0 Å². The smallest absolute Gasteiger partial charge is 0.381 e. The lowest BCUT2D eigenvalue weighted by molar-refractivity contribution is -0.137. The first-order chi connectivity index (χ1) is 10.6. The van der Waals surface area contributed by atoms with Gasteiger partial charge in [0, 0.05) is 23.8 Å². The molecule has 0 bridgehead atoms. The monoisotopic (exact) mass is 340 g/mol. The summed E-state index contributed by atoms with van der Waals surface area (Å²) >= 11 is 0. The van der Waals surface area contributed by atoms with Crippen LogP contribution in [0.4, 0.5) is 18.9 Å². The summed E-state index contributed by atoms with van der Waals surface area (Å²) in [5.74, 6) is 2.93. The molecule has 23 heavy (non-hydrogen) atoms. The zero-order valence-electron chi connectivity index (χ0n) is 13.8. The summed E-state index contributed by atoms with van der Waals surface area (Å²) < 4.78 is 39.4. The summed E-state index contributed by atoms with van der Waals surface area (Å²) in [5.41, 5.74) is 3.40. The van der Waals surface area contributed by atoms with Gasteiger partial charge in [-0.25, -0.2) is 0 Å². The molecular weight excluding hydrogens is 317 g/mol. The van der Waals surface area contributed by atoms with E-state index in [2.05, 4.69) is 41.7 Å². The van der Waals surface area contributed by atoms with E-state index < -0.39 is 19.8 Å². The second-order valence-corrected chi connectivity index (χ2v) is 11.7. The molecule has 0 saturated carbocycles. The number of piperidine rings is 1. The molecule has 0 radical (unpaired) electrons. The maximum Gasteiger partial charge on any atom is 0.416 e. The van der Waals surface area contributed by atoms with Crippen molar-refractivity contribution in [3.8, 4) is 11.5 Å². The highest BCUT2D eigenvalue weighted by atomic mass is 28.3. The second kappa shape index (κ2) is 6.98. The lowest BCUT2D eigenvalue weighted by Crippen LogP contribution is -2.38. The number of nitrogens with one attached hydrogen (secondary N) is 2. The summed E-state index contributed by atoms with van der Waals surface area (Å²) in [5, 5.41) is 6.46. The number of benzene rings is 1. The van der Waals surface area contributed by atoms with Crippen molar-refractivity contribution in [2.45, 2.75) is 44.7 Å². The molecule has 126 valence electrons. The summed E-state index contributed by atoms with van der Waals surface area (Å²) in [7, 11) is -1.64. The minimum atomic E-state index is -4.36. The molecule has 2 N–H and O–H groups in total. The Bertz CT molecular complexity index is 603. The Labute approximate surface area is 136 Å². The average molecular weight is 340 g/mol. The van der Waals surface area contributed by atoms with Crippen molar-refractivity contribution >= 4 is 13.8 Å². The summed E-state index contributed by atoms with van der Waals surface area (Å²) in [6.45, 7) is 7.95. The van der Waals surface area contributed by atoms with Crippen molar-refractivity contribution in [1.29, 1.82) is 0 Å². The Balaban J connectivity index is 2.30. The quantitative estimate of drug-likeness (QED) is 0.626. The van der Waals surface area contributed by atoms with Crippen LogP contribution in [0.2, 0.25) is 19.6 Å². The molecule has 1 aromatic rings. The first-order valence-electron chi connectivity index (χ1n) is 7.86. The predicted octanol–water partition coefficient (Wildman–Crippen LogP) is 4.10. The minimum absolute atomic E-state index is 0.157. The first kappa shape index (κ1) is 17.9. The van der Waals surface area contributed by atoms with Crippen LogP contribution < -0.4 is 10.6 Å². The van der Waals surface area contributed by atoms with Gasteiger partial charge in [0.1, 0.15) is 8.07 Å². The molecule has 1 heterocycles. The van der Waals surface area contributed by atoms with Gasteiger partial charge in [0.2, 0.25) is 0 Å². The van der Waals surface area contributed by atoms with Crippen LogP contribution in [0.1, 0.15) is 24.0 Å². The van der Waals surface area contributed by atoms with Gasteiger partial charge in [0.15, 0.2) is 0 Å². The van der Waals surface area contributed by atoms with Crippen molar-refractivity contribution < 1.29 is 13.2 Å². The van der Waals surface area contributed by atoms with Crippen molar-refractivity contribution in [2.75, 3.05) is 18.4 Å². The van der Waals surface area contributed by atoms with Crippen molar-refractivity contribution in [3.05, 3.63) is 29.3 Å². The van der Waals surface area contributed by atoms with Crippen LogP contribution in [0.15, 0.2) is 18.2 Å². The molecule has 1 aliphatic heterocycles. The van der Waals surface area contributed by atoms with Gasteiger partial charge in [-0.15, -0.1) is 5.54 Å². The molecule has 2 nitrogen and oxygen atoms in total. The van der Waals surface area contributed by atoms with Crippen molar-refractivity contribution in [2.24, 2.45) is 0 Å². The van der Waals surface area contributed by atoms with Crippen LogP contribution in [-0.4, -0.2) is 27.2 Å². The molecule has 0 spiro atoms. The van der Waals surface area contributed by atoms with Gasteiger partial charge in [0.05, 0.1) is 5.56 Å². The van der Waals surface area contributed by atoms with E-state index in [0.29, 0.717) is 11.3 Å². The summed E-state index contributed by atoms with van der Waals surface area (Å²) in [6.07, 6.45) is -2.38. The van der Waals surface area contributed by atoms with Gasteiger partial charge in [0.25, 0.3) is 0 Å². The lowest BCUT2D eigenvalue weighted by atomic mass is 10.1. The molecule has 0 aromatic heterocycles. The third kappa shape index (κ3) is 5.92. The van der Waals surface area contributed by atoms with Crippen molar-refractivity contribution in [1.82, 2.24) is 5.32 Å². The van der Waals surface area contributed by atoms with Crippen LogP contribution in [0, 0.1) is 11.5 Å². The molecular formula is C17H23F3N2Si. The molecule has 1 aromatic carbocycles. The van der Waals surface area contributed by atoms with Gasteiger partial charge in [-0.05, 0) is 37.6 Å². The standard InChI is InChI=1S/C17H23F3N2Si/c1-23(2,3)8-6-13-9-14(17(18,19)20)11-16(10-13)22-15-5-4-7-21-12-15/h9-11,15,21-22H,4-5,7,12H2,1-3H3/t15-/m1/s1. The van der Waals surface area contributed by atoms with Crippen LogP contribution in [0.5, 0.6) is 0 Å². The topological polar surface area (TPSA) is 24.1 Å². The first-order valence-corrected chi connectivity index (χ1v) is 11.4. The summed E-state index contributed by atoms with van der Waals surface area (Å²) in [4.78, 5) is 0. The Morgan fingerprint density at radius 1 is 1.22 bits per heavy atom. The zero-order valence-corrected chi connectivity index (χ0v) is 14.8. The molecule has 0 unspecified atom stereocenters. The third-order valence-corrected chi connectivity index (χ3v) is 4.38. The number of alkyl halides is 3. The molecule has 1 aliphatic rings. The Morgan fingerprint density at radius 3 is 2.52 bits per heavy atom. The van der Waals surface area contributed by atoms with Crippen molar-refractivity contribution in [3.63, 3.8) is 0 Å². The number of hydrogen-bond donors (Lipinski definition) is 2. The van der Waals surface area contributed by atoms with Gasteiger partial charge >= 0.3 is 6.18 Å². The highest BCUT2D eigenvalue weighted by Crippen LogP contribution is 2.32. The molecule has 1 fully saturated rings. The number of hydrogen-bond acceptors (Lipinski definition) is 2. The molecule has 6 heteroatoms. The van der Waals surface area contributed by atoms with E-state index in [-0.39, 0.29) is 6.04 Å². The third-order valence-electron chi connectivity index (χ3n) is 3.51. The predicted molar refractivity (Wildman–Crippen MR) is 91.2 cm³/mol. The fourth-order valence-corrected chi connectivity index (χ4v) is 2.94. The largest absolute Gasteiger partial charge is 0.416 e. The Kier molecular flexibility index (Phi) is 5.43. The van der Waals surface area contributed by atoms with E-state index in [1.807, 2.05) is 0 Å². The molecule has 0 amide bonds. The number of rotatable bonds is 2. The normalized spacial score (nSPS) is 19.0. The number of anilines is 1. The van der Waals surface area contributed by atoms with Gasteiger partial charge in [-0.2, -0.15) is 13.2 Å². The molecule has 1 atom stereocenters. The minimum Gasteiger partial charge on any atom is -0.381 e. The van der Waals surface area contributed by atoms with Crippen LogP contribution in [-0.2, 0) is 6.18 Å². The van der Waals surface area contributed by atoms with Gasteiger partial charge < -0.3 is 10.6 Å². The maximum absolute atomic E-state index is 13.1. The van der Waals surface area contributed by atoms with E-state index in [1.165, 1.54) is 6.07 Å². The number of halogens is 3. The van der Waals surface area contributed by atoms with Crippen LogP contribution in [0.25, 0.3) is 0 Å². The van der Waals surface area contributed by atoms with E-state index in [1.54, 1.807) is 6.07 Å². The Hall–Kier alpha value is -1.45. The summed E-state index contributed by atoms with van der Waals surface area (Å²) in [6, 6.07) is 4.19. The fourth-order valence-electron chi connectivity index (χ4n) is 2.42. The fraction of sp³-hybridized carbons (Fsp3) is 0.529. The van der Waals surface area contributed by atoms with Crippen LogP contribution >= 0.6 is 0 Å². The van der Waals surface area contributed by atoms with E-state index >= 15 is 0 Å². The molecule has 0 aliphatic carbocycles. The lowest BCUT2D eigenvalue weighted by Gasteiger charge is -2.25. The molecule has 1 saturated heterocycles. The van der Waals surface area contributed by atoms with Crippen LogP contribution in [0.3, 0.4) is 0 Å². The highest BCUT2D eigenvalue weighted by Gasteiger charge is 2.31. The average Bonchev–Trinajstić information content (AvgIpc) is 2.44. The van der Waals surface area contributed by atoms with E-state index in [9.17, 15) is 13.2 Å². The second-order valence-electron chi connectivity index (χ2n) is 6.98. The zero-order chi connectivity index (χ0) is 17.1. The molecule has 2 rings (SSSR count). The highest BCUT2D eigenvalue weighted by molar-refractivity contribution is 6.83. The SMILES string of the molecule is C[Si](C)(C)C#Cc1cc(N[C@@H]2CCCNC2)cc(C(F)(F)F)c1. The maximum atomic E-state index is 13.1.